The number of halogens is 3. The van der Waals surface area contributed by atoms with E-state index in [0.717, 1.165) is 61.3 Å². The van der Waals surface area contributed by atoms with Gasteiger partial charge in [-0.1, -0.05) is 18.2 Å². The van der Waals surface area contributed by atoms with Gasteiger partial charge in [0.25, 0.3) is 0 Å². The van der Waals surface area contributed by atoms with Gasteiger partial charge in [-0.05, 0) is 62.0 Å². The molecule has 1 aliphatic rings. The maximum absolute atomic E-state index is 13.8. The van der Waals surface area contributed by atoms with Crippen molar-refractivity contribution in [1.29, 1.82) is 0 Å². The second-order valence-corrected chi connectivity index (χ2v) is 6.90. The number of hydrogen-bond donors (Lipinski definition) is 2. The van der Waals surface area contributed by atoms with Crippen LogP contribution in [0.1, 0.15) is 24.2 Å². The molecule has 1 aliphatic heterocycles. The smallest absolute Gasteiger partial charge is 0.126 e. The van der Waals surface area contributed by atoms with E-state index in [1.165, 1.54) is 0 Å². The highest BCUT2D eigenvalue weighted by molar-refractivity contribution is 5.85. The van der Waals surface area contributed by atoms with E-state index >= 15 is 0 Å². The molecule has 0 unspecified atom stereocenters. The van der Waals surface area contributed by atoms with Crippen LogP contribution in [0.5, 0.6) is 5.75 Å². The number of hydrogen-bond acceptors (Lipinski definition) is 3. The van der Waals surface area contributed by atoms with Gasteiger partial charge in [-0.15, -0.1) is 24.8 Å². The summed E-state index contributed by atoms with van der Waals surface area (Å²) in [6.45, 7) is 2.78. The Bertz CT molecular complexity index is 879. The Kier molecular flexibility index (Phi) is 7.48. The van der Waals surface area contributed by atoms with Crippen molar-refractivity contribution in [3.63, 3.8) is 0 Å². The largest absolute Gasteiger partial charge is 0.508 e. The van der Waals surface area contributed by atoms with Gasteiger partial charge in [0.1, 0.15) is 17.4 Å². The summed E-state index contributed by atoms with van der Waals surface area (Å²) in [5, 5.41) is 9.55. The fraction of sp³-hybridized carbons (Fsp3) is 0.350. The number of rotatable bonds is 4. The number of aromatic nitrogens is 2. The predicted octanol–water partition coefficient (Wildman–Crippen LogP) is 4.71. The average molecular weight is 412 g/mol. The number of nitrogens with one attached hydrogen (secondary N) is 1. The van der Waals surface area contributed by atoms with E-state index in [9.17, 15) is 9.50 Å². The first kappa shape index (κ1) is 21.5. The van der Waals surface area contributed by atoms with Gasteiger partial charge in [-0.3, -0.25) is 4.90 Å². The highest BCUT2D eigenvalue weighted by Gasteiger charge is 2.21. The first-order chi connectivity index (χ1) is 12.2. The van der Waals surface area contributed by atoms with Crippen LogP contribution in [0, 0.1) is 11.7 Å². The van der Waals surface area contributed by atoms with E-state index < -0.39 is 0 Å². The molecule has 0 spiro atoms. The Balaban J connectivity index is 0.00000131. The molecule has 3 aromatic rings. The van der Waals surface area contributed by atoms with Crippen LogP contribution in [-0.4, -0.2) is 33.1 Å². The second-order valence-electron chi connectivity index (χ2n) is 6.90. The number of phenolic OH excluding ortho intramolecular Hbond substituents is 1. The number of aromatic hydroxyl groups is 1. The lowest BCUT2D eigenvalue weighted by molar-refractivity contribution is 0.173. The lowest BCUT2D eigenvalue weighted by atomic mass is 9.90. The van der Waals surface area contributed by atoms with Crippen LogP contribution in [0.4, 0.5) is 4.39 Å². The van der Waals surface area contributed by atoms with Gasteiger partial charge in [0.05, 0.1) is 17.6 Å². The summed E-state index contributed by atoms with van der Waals surface area (Å²) in [5.41, 5.74) is 2.57. The van der Waals surface area contributed by atoms with Crippen LogP contribution in [0.15, 0.2) is 42.5 Å². The van der Waals surface area contributed by atoms with E-state index in [1.54, 1.807) is 24.3 Å². The van der Waals surface area contributed by atoms with Crippen molar-refractivity contribution in [3.05, 3.63) is 59.7 Å². The molecule has 2 aromatic carbocycles. The lowest BCUT2D eigenvalue weighted by Crippen LogP contribution is -2.34. The van der Waals surface area contributed by atoms with Gasteiger partial charge in [0, 0.05) is 6.07 Å². The molecule has 0 bridgehead atoms. The molecular weight excluding hydrogens is 388 g/mol. The molecule has 4 nitrogen and oxygen atoms in total. The zero-order valence-corrected chi connectivity index (χ0v) is 16.5. The minimum Gasteiger partial charge on any atom is -0.508 e. The van der Waals surface area contributed by atoms with Crippen LogP contribution >= 0.6 is 24.8 Å². The van der Waals surface area contributed by atoms with Crippen molar-refractivity contribution < 1.29 is 9.50 Å². The monoisotopic (exact) mass is 411 g/mol. The van der Waals surface area contributed by atoms with Gasteiger partial charge in [0.15, 0.2) is 0 Å². The number of likely N-dealkylation sites (tertiary alicyclic amines) is 1. The molecule has 1 fully saturated rings. The zero-order chi connectivity index (χ0) is 17.2. The molecule has 7 heteroatoms. The number of piperidine rings is 1. The Labute approximate surface area is 170 Å². The minimum absolute atomic E-state index is 0. The van der Waals surface area contributed by atoms with Crippen molar-refractivity contribution in [1.82, 2.24) is 14.9 Å². The van der Waals surface area contributed by atoms with E-state index in [2.05, 4.69) is 14.9 Å². The number of H-pyrrole nitrogens is 1. The molecule has 2 N–H and O–H groups in total. The van der Waals surface area contributed by atoms with Crippen molar-refractivity contribution in [3.8, 4) is 5.75 Å². The number of aromatic amines is 1. The van der Waals surface area contributed by atoms with E-state index in [4.69, 9.17) is 0 Å². The molecule has 0 radical (unpaired) electrons. The second kappa shape index (κ2) is 9.40. The van der Waals surface area contributed by atoms with Crippen molar-refractivity contribution in [2.75, 3.05) is 13.1 Å². The van der Waals surface area contributed by atoms with Gasteiger partial charge in [0.2, 0.25) is 0 Å². The molecule has 2 heterocycles. The molecule has 27 heavy (non-hydrogen) atoms. The molecular formula is C20H24Cl2FN3O. The maximum atomic E-state index is 13.8. The van der Waals surface area contributed by atoms with E-state index in [1.807, 2.05) is 18.2 Å². The third-order valence-corrected chi connectivity index (χ3v) is 5.06. The first-order valence-electron chi connectivity index (χ1n) is 8.81. The summed E-state index contributed by atoms with van der Waals surface area (Å²) in [7, 11) is 0. The van der Waals surface area contributed by atoms with Gasteiger partial charge in [-0.2, -0.15) is 0 Å². The molecule has 4 rings (SSSR count). The Morgan fingerprint density at radius 1 is 1.11 bits per heavy atom. The number of phenols is 1. The fourth-order valence-corrected chi connectivity index (χ4v) is 3.66. The number of nitrogens with zero attached hydrogens (tertiary/aromatic N) is 2. The van der Waals surface area contributed by atoms with Crippen LogP contribution < -0.4 is 0 Å². The number of imidazole rings is 1. The molecule has 0 atom stereocenters. The zero-order valence-electron chi connectivity index (χ0n) is 14.9. The van der Waals surface area contributed by atoms with Crippen molar-refractivity contribution in [2.45, 2.75) is 25.8 Å². The standard InChI is InChI=1S/C20H22FN3O.2ClH/c21-17-4-2-1-3-15(17)11-14-7-9-24(10-8-14)13-20-22-18-6-5-16(25)12-19(18)23-20;;/h1-6,12,14,25H,7-11,13H2,(H,22,23);2*1H. The summed E-state index contributed by atoms with van der Waals surface area (Å²) in [6.07, 6.45) is 2.98. The quantitative estimate of drug-likeness (QED) is 0.653. The number of benzene rings is 2. The summed E-state index contributed by atoms with van der Waals surface area (Å²) >= 11 is 0. The molecule has 146 valence electrons. The molecule has 0 aliphatic carbocycles. The van der Waals surface area contributed by atoms with Crippen LogP contribution in [0.3, 0.4) is 0 Å². The maximum Gasteiger partial charge on any atom is 0.126 e. The van der Waals surface area contributed by atoms with Crippen LogP contribution in [-0.2, 0) is 13.0 Å². The van der Waals surface area contributed by atoms with Gasteiger partial charge < -0.3 is 10.1 Å². The summed E-state index contributed by atoms with van der Waals surface area (Å²) < 4.78 is 13.8. The molecule has 0 amide bonds. The fourth-order valence-electron chi connectivity index (χ4n) is 3.66. The van der Waals surface area contributed by atoms with E-state index in [-0.39, 0.29) is 36.4 Å². The van der Waals surface area contributed by atoms with E-state index in [0.29, 0.717) is 5.92 Å². The first-order valence-corrected chi connectivity index (χ1v) is 8.81. The highest BCUT2D eigenvalue weighted by Crippen LogP contribution is 2.24. The third-order valence-electron chi connectivity index (χ3n) is 5.06. The Hall–Kier alpha value is -1.82. The molecule has 1 saturated heterocycles. The normalized spacial score (nSPS) is 15.3. The summed E-state index contributed by atoms with van der Waals surface area (Å²) in [6, 6.07) is 12.3. The average Bonchev–Trinajstić information content (AvgIpc) is 3.00. The summed E-state index contributed by atoms with van der Waals surface area (Å²) in [5.74, 6) is 1.63. The lowest BCUT2D eigenvalue weighted by Gasteiger charge is -2.31. The Morgan fingerprint density at radius 3 is 2.59 bits per heavy atom. The summed E-state index contributed by atoms with van der Waals surface area (Å²) in [4.78, 5) is 10.3. The molecule has 0 saturated carbocycles. The Morgan fingerprint density at radius 2 is 1.85 bits per heavy atom. The van der Waals surface area contributed by atoms with Crippen molar-refractivity contribution in [2.24, 2.45) is 5.92 Å². The highest BCUT2D eigenvalue weighted by atomic mass is 35.5. The third kappa shape index (κ3) is 5.12. The van der Waals surface area contributed by atoms with Crippen molar-refractivity contribution >= 4 is 35.8 Å². The topological polar surface area (TPSA) is 52.2 Å². The van der Waals surface area contributed by atoms with Crippen LogP contribution in [0.2, 0.25) is 0 Å². The predicted molar refractivity (Wildman–Crippen MR) is 110 cm³/mol. The van der Waals surface area contributed by atoms with Gasteiger partial charge >= 0.3 is 0 Å². The van der Waals surface area contributed by atoms with Crippen LogP contribution in [0.25, 0.3) is 11.0 Å². The SMILES string of the molecule is Cl.Cl.Oc1ccc2nc(CN3CCC(Cc4ccccc4F)CC3)[nH]c2c1. The minimum atomic E-state index is -0.0875. The molecule has 1 aromatic heterocycles. The number of fused-ring (bicyclic) bond motifs is 1. The van der Waals surface area contributed by atoms with Gasteiger partial charge in [-0.25, -0.2) is 9.37 Å².